The summed E-state index contributed by atoms with van der Waals surface area (Å²) in [6.45, 7) is 2.47. The van der Waals surface area contributed by atoms with E-state index in [4.69, 9.17) is 10.5 Å². The van der Waals surface area contributed by atoms with Crippen LogP contribution in [0.25, 0.3) is 0 Å². The zero-order chi connectivity index (χ0) is 10.3. The maximum atomic E-state index is 11.8. The fraction of sp³-hybridized carbons (Fsp3) is 1.00. The Morgan fingerprint density at radius 3 is 2.31 bits per heavy atom. The van der Waals surface area contributed by atoms with Gasteiger partial charge in [0, 0.05) is 11.5 Å². The molecule has 0 spiro atoms. The SMILES string of the molecule is CC1(C)C(N)CC1OCC(F)(F)F. The average molecular weight is 197 g/mol. The van der Waals surface area contributed by atoms with Gasteiger partial charge in [-0.15, -0.1) is 0 Å². The van der Waals surface area contributed by atoms with E-state index in [9.17, 15) is 13.2 Å². The lowest BCUT2D eigenvalue weighted by Crippen LogP contribution is -2.59. The van der Waals surface area contributed by atoms with Crippen LogP contribution in [0.15, 0.2) is 0 Å². The van der Waals surface area contributed by atoms with Gasteiger partial charge in [-0.2, -0.15) is 13.2 Å². The second-order valence-corrected chi connectivity index (χ2v) is 4.08. The molecule has 2 atom stereocenters. The first-order valence-electron chi connectivity index (χ1n) is 4.17. The number of ether oxygens (including phenoxy) is 1. The minimum atomic E-state index is -4.24. The van der Waals surface area contributed by atoms with E-state index in [1.807, 2.05) is 13.8 Å². The Morgan fingerprint density at radius 1 is 1.46 bits per heavy atom. The molecular weight excluding hydrogens is 183 g/mol. The molecule has 0 aromatic carbocycles. The molecule has 1 rings (SSSR count). The molecule has 2 nitrogen and oxygen atoms in total. The van der Waals surface area contributed by atoms with Gasteiger partial charge in [0.05, 0.1) is 6.10 Å². The van der Waals surface area contributed by atoms with Gasteiger partial charge in [0.25, 0.3) is 0 Å². The van der Waals surface area contributed by atoms with E-state index >= 15 is 0 Å². The summed E-state index contributed by atoms with van der Waals surface area (Å²) in [6.07, 6.45) is -4.08. The van der Waals surface area contributed by atoms with E-state index < -0.39 is 12.8 Å². The first kappa shape index (κ1) is 10.8. The van der Waals surface area contributed by atoms with Gasteiger partial charge in [0.15, 0.2) is 0 Å². The van der Waals surface area contributed by atoms with Crippen molar-refractivity contribution < 1.29 is 17.9 Å². The maximum Gasteiger partial charge on any atom is 0.411 e. The first-order chi connectivity index (χ1) is 5.73. The molecule has 0 aromatic heterocycles. The standard InChI is InChI=1S/C8H14F3NO/c1-7(2)5(12)3-6(7)13-4-8(9,10)11/h5-6H,3-4,12H2,1-2H3. The lowest BCUT2D eigenvalue weighted by molar-refractivity contribution is -0.215. The van der Waals surface area contributed by atoms with E-state index in [0.29, 0.717) is 6.42 Å². The molecule has 5 heteroatoms. The predicted molar refractivity (Wildman–Crippen MR) is 42.2 cm³/mol. The van der Waals surface area contributed by atoms with Gasteiger partial charge in [-0.05, 0) is 6.42 Å². The molecule has 0 amide bonds. The van der Waals surface area contributed by atoms with Crippen molar-refractivity contribution >= 4 is 0 Å². The lowest BCUT2D eigenvalue weighted by Gasteiger charge is -2.49. The number of halogens is 3. The predicted octanol–water partition coefficient (Wildman–Crippen LogP) is 1.69. The van der Waals surface area contributed by atoms with Crippen LogP contribution in [0.4, 0.5) is 13.2 Å². The quantitative estimate of drug-likeness (QED) is 0.731. The number of hydrogen-bond donors (Lipinski definition) is 1. The topological polar surface area (TPSA) is 35.2 Å². The van der Waals surface area contributed by atoms with Crippen molar-refractivity contribution in [2.75, 3.05) is 6.61 Å². The van der Waals surface area contributed by atoms with Gasteiger partial charge in [0.2, 0.25) is 0 Å². The number of hydrogen-bond acceptors (Lipinski definition) is 2. The largest absolute Gasteiger partial charge is 0.411 e. The lowest BCUT2D eigenvalue weighted by atomic mass is 9.65. The van der Waals surface area contributed by atoms with Crippen molar-refractivity contribution in [3.63, 3.8) is 0 Å². The molecule has 78 valence electrons. The number of rotatable bonds is 2. The zero-order valence-corrected chi connectivity index (χ0v) is 7.69. The molecule has 1 saturated carbocycles. The Hall–Kier alpha value is -0.290. The molecule has 0 bridgehead atoms. The van der Waals surface area contributed by atoms with E-state index in [-0.39, 0.29) is 17.6 Å². The molecule has 13 heavy (non-hydrogen) atoms. The second-order valence-electron chi connectivity index (χ2n) is 4.08. The fourth-order valence-electron chi connectivity index (χ4n) is 1.39. The van der Waals surface area contributed by atoms with Crippen LogP contribution in [0.2, 0.25) is 0 Å². The van der Waals surface area contributed by atoms with Crippen molar-refractivity contribution in [2.45, 2.75) is 38.6 Å². The van der Waals surface area contributed by atoms with E-state index in [1.54, 1.807) is 0 Å². The van der Waals surface area contributed by atoms with Gasteiger partial charge in [-0.25, -0.2) is 0 Å². The Kier molecular flexibility index (Phi) is 2.60. The minimum Gasteiger partial charge on any atom is -0.368 e. The van der Waals surface area contributed by atoms with Gasteiger partial charge in [-0.1, -0.05) is 13.8 Å². The van der Waals surface area contributed by atoms with Crippen molar-refractivity contribution in [3.05, 3.63) is 0 Å². The number of nitrogens with two attached hydrogens (primary N) is 1. The molecule has 1 aliphatic carbocycles. The van der Waals surface area contributed by atoms with Crippen molar-refractivity contribution in [3.8, 4) is 0 Å². The average Bonchev–Trinajstić information content (AvgIpc) is 1.95. The molecule has 0 aromatic rings. The highest BCUT2D eigenvalue weighted by Crippen LogP contribution is 2.41. The number of alkyl halides is 3. The molecule has 2 unspecified atom stereocenters. The van der Waals surface area contributed by atoms with Gasteiger partial charge in [0.1, 0.15) is 6.61 Å². The third kappa shape index (κ3) is 2.34. The van der Waals surface area contributed by atoms with Crippen LogP contribution in [0.1, 0.15) is 20.3 Å². The Balaban J connectivity index is 2.33. The van der Waals surface area contributed by atoms with Crippen molar-refractivity contribution in [1.29, 1.82) is 0 Å². The molecule has 0 radical (unpaired) electrons. The van der Waals surface area contributed by atoms with Crippen LogP contribution in [0.5, 0.6) is 0 Å². The summed E-state index contributed by atoms with van der Waals surface area (Å²) < 4.78 is 40.0. The van der Waals surface area contributed by atoms with Crippen molar-refractivity contribution in [2.24, 2.45) is 11.1 Å². The third-order valence-electron chi connectivity index (χ3n) is 2.70. The Labute approximate surface area is 75.2 Å². The molecule has 0 saturated heterocycles. The molecule has 0 heterocycles. The van der Waals surface area contributed by atoms with Crippen LogP contribution in [0, 0.1) is 5.41 Å². The Bertz CT molecular complexity index is 190. The van der Waals surface area contributed by atoms with Crippen LogP contribution >= 0.6 is 0 Å². The zero-order valence-electron chi connectivity index (χ0n) is 7.69. The summed E-state index contributed by atoms with van der Waals surface area (Å²) in [4.78, 5) is 0. The summed E-state index contributed by atoms with van der Waals surface area (Å²) >= 11 is 0. The molecule has 1 fully saturated rings. The maximum absolute atomic E-state index is 11.8. The van der Waals surface area contributed by atoms with Crippen LogP contribution in [0.3, 0.4) is 0 Å². The van der Waals surface area contributed by atoms with Crippen molar-refractivity contribution in [1.82, 2.24) is 0 Å². The highest BCUT2D eigenvalue weighted by atomic mass is 19.4. The van der Waals surface area contributed by atoms with E-state index in [1.165, 1.54) is 0 Å². The molecule has 0 aliphatic heterocycles. The minimum absolute atomic E-state index is 0.0502. The first-order valence-corrected chi connectivity index (χ1v) is 4.17. The summed E-state index contributed by atoms with van der Waals surface area (Å²) in [6, 6.07) is -0.0502. The molecule has 2 N–H and O–H groups in total. The fourth-order valence-corrected chi connectivity index (χ4v) is 1.39. The highest BCUT2D eigenvalue weighted by Gasteiger charge is 2.48. The normalized spacial score (nSPS) is 32.8. The van der Waals surface area contributed by atoms with E-state index in [0.717, 1.165) is 0 Å². The Morgan fingerprint density at radius 2 is 2.00 bits per heavy atom. The summed E-state index contributed by atoms with van der Waals surface area (Å²) in [5.74, 6) is 0. The molecular formula is C8H14F3NO. The molecule has 1 aliphatic rings. The summed E-state index contributed by atoms with van der Waals surface area (Å²) in [5.41, 5.74) is 5.30. The van der Waals surface area contributed by atoms with Gasteiger partial charge in [-0.3, -0.25) is 0 Å². The summed E-state index contributed by atoms with van der Waals surface area (Å²) in [7, 11) is 0. The van der Waals surface area contributed by atoms with Crippen LogP contribution in [-0.2, 0) is 4.74 Å². The monoisotopic (exact) mass is 197 g/mol. The van der Waals surface area contributed by atoms with Gasteiger partial charge >= 0.3 is 6.18 Å². The highest BCUT2D eigenvalue weighted by molar-refractivity contribution is 5.00. The third-order valence-corrected chi connectivity index (χ3v) is 2.70. The van der Waals surface area contributed by atoms with Crippen LogP contribution in [-0.4, -0.2) is 24.9 Å². The van der Waals surface area contributed by atoms with Crippen LogP contribution < -0.4 is 5.73 Å². The van der Waals surface area contributed by atoms with Gasteiger partial charge < -0.3 is 10.5 Å². The van der Waals surface area contributed by atoms with E-state index in [2.05, 4.69) is 0 Å². The summed E-state index contributed by atoms with van der Waals surface area (Å²) in [5, 5.41) is 0. The smallest absolute Gasteiger partial charge is 0.368 e. The second kappa shape index (κ2) is 3.13.